The first-order chi connectivity index (χ1) is 55.1. The van der Waals surface area contributed by atoms with Crippen molar-refractivity contribution in [3.8, 4) is 0 Å². The van der Waals surface area contributed by atoms with Gasteiger partial charge in [0.25, 0.3) is 0 Å². The maximum atomic E-state index is 14.4. The molecular formula is C80H140N20O21. The van der Waals surface area contributed by atoms with Crippen LogP contribution in [0.15, 0.2) is 0 Å². The molecule has 22 N–H and O–H groups in total. The first-order valence-corrected chi connectivity index (χ1v) is 40.9. The number of hydrogen-bond donors (Lipinski definition) is 20. The van der Waals surface area contributed by atoms with Crippen molar-refractivity contribution >= 4 is 118 Å². The second-order valence-electron chi connectivity index (χ2n) is 36.6. The van der Waals surface area contributed by atoms with Crippen molar-refractivity contribution in [2.24, 2.45) is 35.1 Å². The Bertz CT molecular complexity index is 3790. The quantitative estimate of drug-likeness (QED) is 0.0281. The third kappa shape index (κ3) is 35.5. The van der Waals surface area contributed by atoms with E-state index < -0.39 is 249 Å². The lowest BCUT2D eigenvalue weighted by atomic mass is 9.93. The third-order valence-corrected chi connectivity index (χ3v) is 19.9. The van der Waals surface area contributed by atoms with Crippen molar-refractivity contribution in [2.45, 2.75) is 337 Å². The van der Waals surface area contributed by atoms with Gasteiger partial charge in [-0.2, -0.15) is 0 Å². The van der Waals surface area contributed by atoms with E-state index in [0.717, 1.165) is 0 Å². The van der Waals surface area contributed by atoms with Crippen LogP contribution in [0.1, 0.15) is 244 Å². The molecule has 121 heavy (non-hydrogen) atoms. The lowest BCUT2D eigenvalue weighted by Gasteiger charge is -2.36. The minimum atomic E-state index is -1.85. The van der Waals surface area contributed by atoms with Crippen LogP contribution in [0.25, 0.3) is 0 Å². The van der Waals surface area contributed by atoms with E-state index in [-0.39, 0.29) is 62.8 Å². The number of nitrogens with two attached hydrogens (primary N) is 2. The summed E-state index contributed by atoms with van der Waals surface area (Å²) in [7, 11) is 0. The number of aliphatic hydroxyl groups excluding tert-OH is 1. The van der Waals surface area contributed by atoms with E-state index in [2.05, 4.69) is 90.4 Å². The van der Waals surface area contributed by atoms with Gasteiger partial charge in [-0.05, 0) is 186 Å². The van der Waals surface area contributed by atoms with E-state index in [1.165, 1.54) is 130 Å². The van der Waals surface area contributed by atoms with Gasteiger partial charge in [0, 0.05) is 26.3 Å². The van der Waals surface area contributed by atoms with Crippen LogP contribution in [0.2, 0.25) is 0 Å². The van der Waals surface area contributed by atoms with Crippen molar-refractivity contribution in [1.29, 1.82) is 0 Å². The molecule has 20 amide bonds. The predicted molar refractivity (Wildman–Crippen MR) is 445 cm³/mol. The lowest BCUT2D eigenvalue weighted by molar-refractivity contribution is -0.146. The van der Waals surface area contributed by atoms with Crippen LogP contribution in [0.5, 0.6) is 0 Å². The summed E-state index contributed by atoms with van der Waals surface area (Å²) in [6.07, 6.45) is -0.449. The summed E-state index contributed by atoms with van der Waals surface area (Å²) in [4.78, 5) is 271. The summed E-state index contributed by atoms with van der Waals surface area (Å²) in [5.41, 5.74) is -3.04. The second kappa shape index (κ2) is 45.8. The fraction of sp³-hybridized carbons (Fsp3) is 0.750. The Hall–Kier alpha value is -10.6. The van der Waals surface area contributed by atoms with Crippen molar-refractivity contribution in [1.82, 2.24) is 95.3 Å². The molecule has 1 aliphatic rings. The minimum Gasteiger partial charge on any atom is -0.394 e. The second-order valence-corrected chi connectivity index (χ2v) is 36.6. The fourth-order valence-corrected chi connectivity index (χ4v) is 12.4. The number of likely N-dealkylation sites (tertiary alicyclic amines) is 1. The van der Waals surface area contributed by atoms with Gasteiger partial charge in [0.2, 0.25) is 118 Å². The first kappa shape index (κ1) is 108. The van der Waals surface area contributed by atoms with Gasteiger partial charge in [0.1, 0.15) is 86.6 Å². The van der Waals surface area contributed by atoms with Gasteiger partial charge >= 0.3 is 0 Å². The molecule has 0 aliphatic carbocycles. The number of amides is 20. The van der Waals surface area contributed by atoms with E-state index in [0.29, 0.717) is 12.8 Å². The number of rotatable bonds is 49. The molecular weight excluding hydrogens is 1580 g/mol. The average molecular weight is 1720 g/mol. The lowest BCUT2D eigenvalue weighted by Crippen LogP contribution is -2.66. The molecule has 0 aromatic carbocycles. The van der Waals surface area contributed by atoms with Crippen LogP contribution < -0.4 is 102 Å². The van der Waals surface area contributed by atoms with Gasteiger partial charge in [-0.25, -0.2) is 0 Å². The van der Waals surface area contributed by atoms with E-state index in [1.807, 2.05) is 13.8 Å². The molecule has 41 nitrogen and oxygen atoms in total. The van der Waals surface area contributed by atoms with E-state index in [9.17, 15) is 101 Å². The monoisotopic (exact) mass is 1720 g/mol. The van der Waals surface area contributed by atoms with Crippen LogP contribution >= 0.6 is 0 Å². The summed E-state index contributed by atoms with van der Waals surface area (Å²) in [6, 6.07) is -9.86. The molecule has 0 aromatic heterocycles. The third-order valence-electron chi connectivity index (χ3n) is 19.9. The molecule has 9 atom stereocenters. The van der Waals surface area contributed by atoms with Crippen LogP contribution in [0, 0.1) is 23.7 Å². The largest absolute Gasteiger partial charge is 0.394 e. The van der Waals surface area contributed by atoms with Crippen LogP contribution in [0.3, 0.4) is 0 Å². The van der Waals surface area contributed by atoms with Crippen LogP contribution in [0.4, 0.5) is 0 Å². The Morgan fingerprint density at radius 1 is 0.397 bits per heavy atom. The average Bonchev–Trinajstić information content (AvgIpc) is 1.66. The summed E-state index contributed by atoms with van der Waals surface area (Å²) in [5, 5.41) is 53.3. The molecule has 0 aromatic rings. The van der Waals surface area contributed by atoms with Crippen LogP contribution in [-0.4, -0.2) is 247 Å². The molecule has 1 fully saturated rings. The van der Waals surface area contributed by atoms with Crippen molar-refractivity contribution in [3.63, 3.8) is 0 Å². The maximum Gasteiger partial charge on any atom is 0.248 e. The Balaban J connectivity index is 3.19. The molecule has 0 spiro atoms. The molecule has 686 valence electrons. The van der Waals surface area contributed by atoms with Gasteiger partial charge in [-0.3, -0.25) is 95.9 Å². The van der Waals surface area contributed by atoms with E-state index >= 15 is 0 Å². The maximum absolute atomic E-state index is 14.4. The topological polar surface area (TPSA) is 621 Å². The van der Waals surface area contributed by atoms with Gasteiger partial charge in [0.05, 0.1) is 25.7 Å². The number of primary amides is 2. The Morgan fingerprint density at radius 2 is 0.793 bits per heavy atom. The zero-order chi connectivity index (χ0) is 94.0. The number of carbonyl (C=O) groups is 20. The minimum absolute atomic E-state index is 0.0413. The predicted octanol–water partition coefficient (Wildman–Crippen LogP) is -3.49. The summed E-state index contributed by atoms with van der Waals surface area (Å²) < 4.78 is 0. The SMILES string of the molecule is CC[C@](C)(NC(=O)[C@H](CCC(N)=O)NC(=O)C(C)(C)NC(=O)[C@H](CC(C)C)NC(=O)[C@@H](C)NC(=O)CNC(=O)C(C)(C)NC(C)=O)C(=O)N[C@@H](C(=O)NC(C)(C)C(=O)NCC(=O)NC(C)(C)C(=O)NC(C)(C)C(=O)N1CCC[C@@H]1C(=O)N[C@H](CC(C)C)C(=O)NC(C)(C)C(=O)NC(C)(C)C(=O)N[C@@H](CCC(N)=O)C(=O)N[C@@H](CO)CC(C)C)C(C)C. The molecule has 0 unspecified atom stereocenters. The van der Waals surface area contributed by atoms with Gasteiger partial charge in [0.15, 0.2) is 0 Å². The van der Waals surface area contributed by atoms with Crippen molar-refractivity contribution < 1.29 is 101 Å². The number of hydrogen-bond acceptors (Lipinski definition) is 21. The number of carbonyl (C=O) groups excluding carboxylic acids is 20. The van der Waals surface area contributed by atoms with E-state index in [1.54, 1.807) is 41.5 Å². The first-order valence-electron chi connectivity index (χ1n) is 40.9. The number of aliphatic hydroxyl groups is 1. The Morgan fingerprint density at radius 3 is 1.23 bits per heavy atom. The summed E-state index contributed by atoms with van der Waals surface area (Å²) in [6.45, 7) is 36.7. The summed E-state index contributed by atoms with van der Waals surface area (Å²) in [5.74, 6) is -17.2. The fourth-order valence-electron chi connectivity index (χ4n) is 12.4. The molecule has 0 radical (unpaired) electrons. The molecule has 0 saturated carbocycles. The van der Waals surface area contributed by atoms with Crippen molar-refractivity contribution in [3.05, 3.63) is 0 Å². The van der Waals surface area contributed by atoms with Crippen molar-refractivity contribution in [2.75, 3.05) is 26.2 Å². The smallest absolute Gasteiger partial charge is 0.248 e. The Labute approximate surface area is 709 Å². The van der Waals surface area contributed by atoms with E-state index in [4.69, 9.17) is 11.5 Å². The van der Waals surface area contributed by atoms with Crippen LogP contribution in [-0.2, 0) is 95.9 Å². The molecule has 1 heterocycles. The molecule has 1 saturated heterocycles. The standard InChI is InChI=1S/C80H140N20O21/c1-27-80(26,97-60(109)49(31-33-54(82)104)90-67(116)75(16,17)94-61(110)50(36-42(4)5)87-58(107)45(10)85-55(105)38-83-65(114)73(12,13)92-46(11)102)71(120)91-57(44(8)9)64(113)96-74(14,15)66(115)84-39-56(106)93-77(20,21)69(118)99-79(24,25)72(121)100-34-28-29-52(100)63(112)88-51(37-43(6)7)62(111)95-78(22,23)70(119)98-76(18,19)68(117)89-48(30-32-53(81)103)59(108)86-47(40-101)35-41(2)3/h41-45,47-52,57,101H,27-40H2,1-26H3,(H2,81,103)(H2,82,104)(H,83,114)(H,84,115)(H,85,105)(H,86,108)(H,87,107)(H,88,112)(H,89,117)(H,90,116)(H,91,120)(H,92,102)(H,93,106)(H,94,110)(H,95,111)(H,96,113)(H,97,109)(H,98,119)(H,99,118)/t45-,47-,48+,49+,50+,51-,52-,57-,80+/m1/s1. The summed E-state index contributed by atoms with van der Waals surface area (Å²) >= 11 is 0. The highest BCUT2D eigenvalue weighted by molar-refractivity contribution is 6.04. The highest BCUT2D eigenvalue weighted by Gasteiger charge is 2.48. The zero-order valence-corrected chi connectivity index (χ0v) is 75.5. The molecule has 41 heteroatoms. The Kier molecular flexibility index (Phi) is 41.1. The normalized spacial score (nSPS) is 15.6. The molecule has 0 bridgehead atoms. The number of nitrogens with zero attached hydrogens (tertiary/aromatic N) is 1. The highest BCUT2D eigenvalue weighted by Crippen LogP contribution is 2.25. The zero-order valence-electron chi connectivity index (χ0n) is 75.5. The van der Waals surface area contributed by atoms with Gasteiger partial charge in [-0.1, -0.05) is 62.3 Å². The molecule has 1 aliphatic heterocycles. The van der Waals surface area contributed by atoms with Gasteiger partial charge < -0.3 is 112 Å². The highest BCUT2D eigenvalue weighted by atomic mass is 16.3. The molecule has 1 rings (SSSR count). The van der Waals surface area contributed by atoms with Gasteiger partial charge in [-0.15, -0.1) is 0 Å². The number of nitrogens with one attached hydrogen (secondary N) is 17.